The molecule has 0 amide bonds. The van der Waals surface area contributed by atoms with Gasteiger partial charge in [0.25, 0.3) is 0 Å². The zero-order valence-corrected chi connectivity index (χ0v) is 10.2. The minimum absolute atomic E-state index is 0.137. The summed E-state index contributed by atoms with van der Waals surface area (Å²) in [4.78, 5) is 8.34. The highest BCUT2D eigenvalue weighted by atomic mass is 35.5. The summed E-state index contributed by atoms with van der Waals surface area (Å²) in [5.41, 5.74) is 0.866. The van der Waals surface area contributed by atoms with Gasteiger partial charge in [-0.15, -0.1) is 0 Å². The number of anilines is 1. The van der Waals surface area contributed by atoms with Crippen LogP contribution >= 0.6 is 11.6 Å². The first kappa shape index (κ1) is 12.2. The summed E-state index contributed by atoms with van der Waals surface area (Å²) in [6.07, 6.45) is 0.137. The lowest BCUT2D eigenvalue weighted by molar-refractivity contribution is 0.128. The van der Waals surface area contributed by atoms with Crippen LogP contribution in [0.2, 0.25) is 5.15 Å². The molecule has 0 aliphatic rings. The number of aromatic nitrogens is 2. The predicted molar refractivity (Wildman–Crippen MR) is 61.5 cm³/mol. The number of hydrogen-bond acceptors (Lipinski definition) is 4. The summed E-state index contributed by atoms with van der Waals surface area (Å²) < 4.78 is 5.13. The molecule has 0 radical (unpaired) electrons. The van der Waals surface area contributed by atoms with Crippen LogP contribution in [0.5, 0.6) is 0 Å². The molecule has 15 heavy (non-hydrogen) atoms. The average Bonchev–Trinajstić information content (AvgIpc) is 2.20. The largest absolute Gasteiger partial charge is 0.380 e. The van der Waals surface area contributed by atoms with Gasteiger partial charge in [-0.3, -0.25) is 0 Å². The van der Waals surface area contributed by atoms with Crippen molar-refractivity contribution in [2.45, 2.75) is 26.9 Å². The van der Waals surface area contributed by atoms with Gasteiger partial charge in [-0.05, 0) is 20.8 Å². The summed E-state index contributed by atoms with van der Waals surface area (Å²) in [6.45, 7) is 6.39. The molecule has 0 aromatic carbocycles. The van der Waals surface area contributed by atoms with Gasteiger partial charge in [-0.2, -0.15) is 0 Å². The van der Waals surface area contributed by atoms with E-state index >= 15 is 0 Å². The second-order valence-electron chi connectivity index (χ2n) is 3.46. The van der Waals surface area contributed by atoms with E-state index in [9.17, 15) is 0 Å². The van der Waals surface area contributed by atoms with Gasteiger partial charge >= 0.3 is 0 Å². The summed E-state index contributed by atoms with van der Waals surface area (Å²) in [5, 5.41) is 3.68. The zero-order valence-electron chi connectivity index (χ0n) is 9.47. The monoisotopic (exact) mass is 229 g/mol. The third-order valence-corrected chi connectivity index (χ3v) is 2.53. The van der Waals surface area contributed by atoms with Crippen molar-refractivity contribution < 1.29 is 4.74 Å². The fourth-order valence-corrected chi connectivity index (χ4v) is 1.30. The Labute approximate surface area is 95.0 Å². The Morgan fingerprint density at radius 1 is 1.40 bits per heavy atom. The van der Waals surface area contributed by atoms with Crippen LogP contribution in [0.4, 0.5) is 5.82 Å². The van der Waals surface area contributed by atoms with E-state index < -0.39 is 0 Å². The van der Waals surface area contributed by atoms with Crippen LogP contribution in [-0.4, -0.2) is 29.7 Å². The molecule has 0 bridgehead atoms. The molecular weight excluding hydrogens is 214 g/mol. The van der Waals surface area contributed by atoms with Crippen LogP contribution in [-0.2, 0) is 4.74 Å². The van der Waals surface area contributed by atoms with Gasteiger partial charge in [0, 0.05) is 19.2 Å². The molecule has 0 saturated heterocycles. The first-order chi connectivity index (χ1) is 7.04. The molecular formula is C10H16ClN3O. The van der Waals surface area contributed by atoms with Gasteiger partial charge in [0.1, 0.15) is 16.8 Å². The lowest BCUT2D eigenvalue weighted by atomic mass is 10.3. The molecule has 4 nitrogen and oxygen atoms in total. The predicted octanol–water partition coefficient (Wildman–Crippen LogP) is 2.19. The summed E-state index contributed by atoms with van der Waals surface area (Å²) >= 11 is 5.95. The molecule has 5 heteroatoms. The van der Waals surface area contributed by atoms with Crippen LogP contribution in [0.3, 0.4) is 0 Å². The highest BCUT2D eigenvalue weighted by Gasteiger charge is 2.08. The van der Waals surface area contributed by atoms with E-state index in [0.717, 1.165) is 11.4 Å². The third kappa shape index (κ3) is 3.32. The topological polar surface area (TPSA) is 47.0 Å². The first-order valence-electron chi connectivity index (χ1n) is 4.82. The lowest BCUT2D eigenvalue weighted by Crippen LogP contribution is -2.19. The van der Waals surface area contributed by atoms with Crippen molar-refractivity contribution in [3.05, 3.63) is 16.5 Å². The van der Waals surface area contributed by atoms with Crippen molar-refractivity contribution >= 4 is 17.4 Å². The van der Waals surface area contributed by atoms with E-state index in [1.807, 2.05) is 20.8 Å². The number of aryl methyl sites for hydroxylation is 1. The molecule has 0 saturated carbocycles. The van der Waals surface area contributed by atoms with E-state index in [1.54, 1.807) is 7.11 Å². The second-order valence-corrected chi connectivity index (χ2v) is 3.82. The van der Waals surface area contributed by atoms with E-state index in [2.05, 4.69) is 15.3 Å². The van der Waals surface area contributed by atoms with Gasteiger partial charge in [0.15, 0.2) is 0 Å². The molecule has 1 unspecified atom stereocenters. The molecule has 0 fully saturated rings. The summed E-state index contributed by atoms with van der Waals surface area (Å²) in [6, 6.07) is 0. The van der Waals surface area contributed by atoms with Crippen LogP contribution in [0.15, 0.2) is 0 Å². The van der Waals surface area contributed by atoms with Gasteiger partial charge in [0.2, 0.25) is 0 Å². The quantitative estimate of drug-likeness (QED) is 0.805. The van der Waals surface area contributed by atoms with Gasteiger partial charge in [0.05, 0.1) is 6.10 Å². The number of nitrogens with zero attached hydrogens (tertiary/aromatic N) is 2. The fourth-order valence-electron chi connectivity index (χ4n) is 1.09. The molecule has 0 aliphatic heterocycles. The maximum atomic E-state index is 5.95. The van der Waals surface area contributed by atoms with Gasteiger partial charge < -0.3 is 10.1 Å². The Morgan fingerprint density at radius 2 is 2.07 bits per heavy atom. The van der Waals surface area contributed by atoms with E-state index in [4.69, 9.17) is 16.3 Å². The molecule has 1 aromatic heterocycles. The minimum atomic E-state index is 0.137. The molecule has 0 spiro atoms. The lowest BCUT2D eigenvalue weighted by Gasteiger charge is -2.13. The number of hydrogen-bond donors (Lipinski definition) is 1. The molecule has 1 heterocycles. The maximum Gasteiger partial charge on any atom is 0.137 e. The normalized spacial score (nSPS) is 12.6. The van der Waals surface area contributed by atoms with Crippen molar-refractivity contribution in [3.63, 3.8) is 0 Å². The summed E-state index contributed by atoms with van der Waals surface area (Å²) in [5.74, 6) is 1.44. The number of methoxy groups -OCH3 is 1. The Bertz CT molecular complexity index is 344. The Hall–Kier alpha value is -0.870. The molecule has 1 N–H and O–H groups in total. The van der Waals surface area contributed by atoms with Gasteiger partial charge in [-0.1, -0.05) is 11.6 Å². The smallest absolute Gasteiger partial charge is 0.137 e. The van der Waals surface area contributed by atoms with Crippen molar-refractivity contribution in [3.8, 4) is 0 Å². The fraction of sp³-hybridized carbons (Fsp3) is 0.600. The number of rotatable bonds is 4. The molecule has 84 valence electrons. The van der Waals surface area contributed by atoms with Crippen LogP contribution in [0.25, 0.3) is 0 Å². The Morgan fingerprint density at radius 3 is 2.67 bits per heavy atom. The maximum absolute atomic E-state index is 5.95. The molecule has 0 aliphatic carbocycles. The second kappa shape index (κ2) is 5.28. The zero-order chi connectivity index (χ0) is 11.4. The van der Waals surface area contributed by atoms with Gasteiger partial charge in [-0.25, -0.2) is 9.97 Å². The number of halogens is 1. The first-order valence-corrected chi connectivity index (χ1v) is 5.19. The van der Waals surface area contributed by atoms with Crippen molar-refractivity contribution in [2.24, 2.45) is 0 Å². The minimum Gasteiger partial charge on any atom is -0.380 e. The Kier molecular flexibility index (Phi) is 4.29. The van der Waals surface area contributed by atoms with Crippen molar-refractivity contribution in [1.82, 2.24) is 9.97 Å². The standard InChI is InChI=1S/C10H16ClN3O/c1-6(15-4)5-12-10-7(2)9(11)13-8(3)14-10/h6H,5H2,1-4H3,(H,12,13,14). The van der Waals surface area contributed by atoms with Crippen LogP contribution in [0.1, 0.15) is 18.3 Å². The van der Waals surface area contributed by atoms with Crippen molar-refractivity contribution in [2.75, 3.05) is 19.0 Å². The van der Waals surface area contributed by atoms with Crippen LogP contribution in [0, 0.1) is 13.8 Å². The van der Waals surface area contributed by atoms with E-state index in [1.165, 1.54) is 0 Å². The molecule has 1 aromatic rings. The number of nitrogens with one attached hydrogen (secondary N) is 1. The highest BCUT2D eigenvalue weighted by molar-refractivity contribution is 6.30. The molecule has 1 rings (SSSR count). The van der Waals surface area contributed by atoms with E-state index in [0.29, 0.717) is 17.5 Å². The number of ether oxygens (including phenoxy) is 1. The third-order valence-electron chi connectivity index (χ3n) is 2.16. The average molecular weight is 230 g/mol. The van der Waals surface area contributed by atoms with Crippen LogP contribution < -0.4 is 5.32 Å². The molecule has 1 atom stereocenters. The van der Waals surface area contributed by atoms with E-state index in [-0.39, 0.29) is 6.10 Å². The summed E-state index contributed by atoms with van der Waals surface area (Å²) in [7, 11) is 1.68. The van der Waals surface area contributed by atoms with Crippen molar-refractivity contribution in [1.29, 1.82) is 0 Å². The SMILES string of the molecule is COC(C)CNc1nc(C)nc(Cl)c1C. The highest BCUT2D eigenvalue weighted by Crippen LogP contribution is 2.19. The Balaban J connectivity index is 2.76.